The molecule has 0 N–H and O–H groups in total. The quantitative estimate of drug-likeness (QED) is 0.376. The van der Waals surface area contributed by atoms with Crippen molar-refractivity contribution in [2.45, 2.75) is 12.8 Å². The molecule has 0 unspecified atom stereocenters. The Labute approximate surface area is 175 Å². The third kappa shape index (κ3) is 2.35. The first-order valence-electron chi connectivity index (χ1n) is 10.2. The monoisotopic (exact) mass is 391 g/mol. The molecule has 4 aromatic rings. The third-order valence-corrected chi connectivity index (χ3v) is 6.35. The fourth-order valence-electron chi connectivity index (χ4n) is 4.99. The highest BCUT2D eigenvalue weighted by Crippen LogP contribution is 2.49. The number of pyridine rings is 1. The van der Waals surface area contributed by atoms with Crippen LogP contribution < -0.4 is 9.47 Å². The van der Waals surface area contributed by atoms with Gasteiger partial charge in [0.1, 0.15) is 0 Å². The van der Waals surface area contributed by atoms with Gasteiger partial charge in [-0.3, -0.25) is 0 Å². The molecule has 1 aromatic heterocycles. The second-order valence-corrected chi connectivity index (χ2v) is 7.88. The average Bonchev–Trinajstić information content (AvgIpc) is 3.35. The number of hydrogen-bond donors (Lipinski definition) is 0. The van der Waals surface area contributed by atoms with Crippen molar-refractivity contribution in [3.8, 4) is 45.1 Å². The number of fused-ring (bicyclic) bond motifs is 6. The van der Waals surface area contributed by atoms with Crippen molar-refractivity contribution in [2.75, 3.05) is 14.2 Å². The minimum Gasteiger partial charge on any atom is -0.493 e. The van der Waals surface area contributed by atoms with Crippen LogP contribution in [0.3, 0.4) is 0 Å². The minimum absolute atomic E-state index is 0.746. The zero-order valence-corrected chi connectivity index (χ0v) is 17.0. The summed E-state index contributed by atoms with van der Waals surface area (Å²) in [5.74, 6) is 1.50. The van der Waals surface area contributed by atoms with Crippen LogP contribution in [-0.4, -0.2) is 19.2 Å². The number of rotatable bonds is 3. The van der Waals surface area contributed by atoms with Crippen molar-refractivity contribution in [3.05, 3.63) is 89.0 Å². The fraction of sp³-hybridized carbons (Fsp3) is 0.148. The van der Waals surface area contributed by atoms with Gasteiger partial charge in [0.2, 0.25) is 0 Å². The molecule has 2 aliphatic carbocycles. The van der Waals surface area contributed by atoms with Gasteiger partial charge in [-0.05, 0) is 45.5 Å². The Morgan fingerprint density at radius 1 is 0.667 bits per heavy atom. The van der Waals surface area contributed by atoms with Crippen LogP contribution in [0.25, 0.3) is 33.6 Å². The van der Waals surface area contributed by atoms with Gasteiger partial charge in [-0.1, -0.05) is 54.6 Å². The van der Waals surface area contributed by atoms with Crippen LogP contribution in [0.15, 0.2) is 66.7 Å². The Bertz CT molecular complexity index is 1250. The zero-order valence-electron chi connectivity index (χ0n) is 17.0. The second kappa shape index (κ2) is 6.46. The summed E-state index contributed by atoms with van der Waals surface area (Å²) in [7, 11) is 3.36. The summed E-state index contributed by atoms with van der Waals surface area (Å²) in [6.45, 7) is 0. The summed E-state index contributed by atoms with van der Waals surface area (Å²) >= 11 is 0. The van der Waals surface area contributed by atoms with Crippen molar-refractivity contribution in [2.24, 2.45) is 0 Å². The largest absolute Gasteiger partial charge is 0.493 e. The van der Waals surface area contributed by atoms with E-state index in [4.69, 9.17) is 14.5 Å². The van der Waals surface area contributed by atoms with Gasteiger partial charge in [-0.25, -0.2) is 4.98 Å². The van der Waals surface area contributed by atoms with E-state index in [9.17, 15) is 0 Å². The highest BCUT2D eigenvalue weighted by molar-refractivity contribution is 5.91. The predicted molar refractivity (Wildman–Crippen MR) is 119 cm³/mol. The maximum Gasteiger partial charge on any atom is 0.161 e. The first kappa shape index (κ1) is 17.3. The molecular formula is C27H21NO2. The van der Waals surface area contributed by atoms with Gasteiger partial charge in [0, 0.05) is 24.0 Å². The van der Waals surface area contributed by atoms with Crippen molar-refractivity contribution < 1.29 is 9.47 Å². The molecule has 0 saturated carbocycles. The molecular weight excluding hydrogens is 370 g/mol. The van der Waals surface area contributed by atoms with E-state index in [0.29, 0.717) is 0 Å². The highest BCUT2D eigenvalue weighted by atomic mass is 16.5. The Kier molecular flexibility index (Phi) is 3.72. The standard InChI is InChI=1S/C27H21NO2/c1-29-23-12-11-18(15-24(23)30-2)25-21-13-16-7-3-5-9-19(16)26(21)28-27-20-10-6-4-8-17(20)14-22(25)27/h3-12,15H,13-14H2,1-2H3. The van der Waals surface area contributed by atoms with Gasteiger partial charge in [0.05, 0.1) is 25.6 Å². The lowest BCUT2D eigenvalue weighted by molar-refractivity contribution is 0.355. The molecule has 2 aliphatic rings. The van der Waals surface area contributed by atoms with E-state index in [2.05, 4.69) is 60.7 Å². The average molecular weight is 391 g/mol. The van der Waals surface area contributed by atoms with E-state index in [1.807, 2.05) is 6.07 Å². The zero-order chi connectivity index (χ0) is 20.2. The van der Waals surface area contributed by atoms with Crippen LogP contribution in [0.2, 0.25) is 0 Å². The smallest absolute Gasteiger partial charge is 0.161 e. The lowest BCUT2D eigenvalue weighted by atomic mass is 9.92. The molecule has 0 spiro atoms. The maximum atomic E-state index is 5.62. The van der Waals surface area contributed by atoms with E-state index in [1.54, 1.807) is 14.2 Å². The number of ether oxygens (including phenoxy) is 2. The Morgan fingerprint density at radius 2 is 1.23 bits per heavy atom. The molecule has 146 valence electrons. The topological polar surface area (TPSA) is 31.4 Å². The highest BCUT2D eigenvalue weighted by Gasteiger charge is 2.31. The van der Waals surface area contributed by atoms with E-state index in [-0.39, 0.29) is 0 Å². The number of aromatic nitrogens is 1. The number of benzene rings is 3. The molecule has 3 heteroatoms. The third-order valence-electron chi connectivity index (χ3n) is 6.35. The molecule has 1 heterocycles. The van der Waals surface area contributed by atoms with Crippen LogP contribution in [0.4, 0.5) is 0 Å². The van der Waals surface area contributed by atoms with E-state index in [1.165, 1.54) is 38.9 Å². The van der Waals surface area contributed by atoms with Crippen molar-refractivity contribution in [3.63, 3.8) is 0 Å². The van der Waals surface area contributed by atoms with Crippen LogP contribution in [0.5, 0.6) is 11.5 Å². The van der Waals surface area contributed by atoms with Gasteiger partial charge in [0.25, 0.3) is 0 Å². The van der Waals surface area contributed by atoms with Gasteiger partial charge in [-0.15, -0.1) is 0 Å². The molecule has 3 nitrogen and oxygen atoms in total. The molecule has 0 saturated heterocycles. The predicted octanol–water partition coefficient (Wildman–Crippen LogP) is 5.91. The minimum atomic E-state index is 0.746. The maximum absolute atomic E-state index is 5.62. The molecule has 30 heavy (non-hydrogen) atoms. The fourth-order valence-corrected chi connectivity index (χ4v) is 4.99. The van der Waals surface area contributed by atoms with Crippen LogP contribution >= 0.6 is 0 Å². The van der Waals surface area contributed by atoms with Gasteiger partial charge < -0.3 is 9.47 Å². The first-order valence-corrected chi connectivity index (χ1v) is 10.2. The van der Waals surface area contributed by atoms with Crippen LogP contribution in [-0.2, 0) is 12.8 Å². The summed E-state index contributed by atoms with van der Waals surface area (Å²) in [6, 6.07) is 23.5. The lowest BCUT2D eigenvalue weighted by Crippen LogP contribution is -1.99. The molecule has 0 atom stereocenters. The molecule has 0 fully saturated rings. The van der Waals surface area contributed by atoms with Crippen molar-refractivity contribution in [1.29, 1.82) is 0 Å². The van der Waals surface area contributed by atoms with Gasteiger partial charge in [0.15, 0.2) is 11.5 Å². The first-order chi connectivity index (χ1) is 14.8. The lowest BCUT2D eigenvalue weighted by Gasteiger charge is -2.16. The Morgan fingerprint density at radius 3 is 1.80 bits per heavy atom. The molecule has 6 rings (SSSR count). The van der Waals surface area contributed by atoms with Gasteiger partial charge in [-0.2, -0.15) is 0 Å². The Hall–Kier alpha value is -3.59. The summed E-state index contributed by atoms with van der Waals surface area (Å²) in [5.41, 5.74) is 12.5. The summed E-state index contributed by atoms with van der Waals surface area (Å²) in [6.07, 6.45) is 1.82. The van der Waals surface area contributed by atoms with Crippen molar-refractivity contribution >= 4 is 0 Å². The SMILES string of the molecule is COc1ccc(-c2c3c(nc4c2Cc2ccccc2-4)-c2ccccc2C3)cc1OC. The van der Waals surface area contributed by atoms with Crippen LogP contribution in [0.1, 0.15) is 22.3 Å². The van der Waals surface area contributed by atoms with Crippen molar-refractivity contribution in [1.82, 2.24) is 4.98 Å². The molecule has 0 aliphatic heterocycles. The van der Waals surface area contributed by atoms with Crippen LogP contribution in [0, 0.1) is 0 Å². The number of methoxy groups -OCH3 is 2. The van der Waals surface area contributed by atoms with E-state index < -0.39 is 0 Å². The normalized spacial score (nSPS) is 12.7. The number of hydrogen-bond acceptors (Lipinski definition) is 3. The summed E-state index contributed by atoms with van der Waals surface area (Å²) in [5, 5.41) is 0. The summed E-state index contributed by atoms with van der Waals surface area (Å²) in [4.78, 5) is 5.22. The summed E-state index contributed by atoms with van der Waals surface area (Å²) < 4.78 is 11.1. The second-order valence-electron chi connectivity index (χ2n) is 7.88. The molecule has 3 aromatic carbocycles. The van der Waals surface area contributed by atoms with E-state index in [0.717, 1.165) is 41.3 Å². The number of nitrogens with zero attached hydrogens (tertiary/aromatic N) is 1. The molecule has 0 radical (unpaired) electrons. The van der Waals surface area contributed by atoms with E-state index >= 15 is 0 Å². The Balaban J connectivity index is 1.66. The van der Waals surface area contributed by atoms with Gasteiger partial charge >= 0.3 is 0 Å². The molecule has 0 amide bonds. The molecule has 0 bridgehead atoms.